The highest BCUT2D eigenvalue weighted by Crippen LogP contribution is 2.43. The number of ether oxygens (including phenoxy) is 3. The van der Waals surface area contributed by atoms with E-state index in [1.807, 2.05) is 78.9 Å². The molecule has 8 heteroatoms. The third-order valence-electron chi connectivity index (χ3n) is 7.83. The van der Waals surface area contributed by atoms with Gasteiger partial charge in [0.15, 0.2) is 11.6 Å². The van der Waals surface area contributed by atoms with Crippen LogP contribution in [0.15, 0.2) is 113 Å². The van der Waals surface area contributed by atoms with Crippen LogP contribution in [0.1, 0.15) is 47.6 Å². The molecule has 0 aliphatic carbocycles. The molecule has 234 valence electrons. The minimum absolute atomic E-state index is 0.0733. The number of carbonyl (C=O) groups is 1. The largest absolute Gasteiger partial charge is 0.497 e. The molecule has 4 aromatic rings. The Labute approximate surface area is 273 Å². The number of aliphatic hydroxyl groups is 1. The number of rotatable bonds is 15. The van der Waals surface area contributed by atoms with Crippen molar-refractivity contribution in [2.45, 2.75) is 43.7 Å². The van der Waals surface area contributed by atoms with Crippen molar-refractivity contribution in [2.75, 3.05) is 26.9 Å². The number of benzene rings is 4. The molecule has 5 rings (SSSR count). The molecule has 0 radical (unpaired) electrons. The number of carbonyl (C=O) groups excluding carboxylic acids is 1. The van der Waals surface area contributed by atoms with E-state index in [4.69, 9.17) is 24.3 Å². The Balaban J connectivity index is 1.46. The van der Waals surface area contributed by atoms with Gasteiger partial charge in [0.2, 0.25) is 5.90 Å². The van der Waals surface area contributed by atoms with Crippen molar-refractivity contribution in [3.63, 3.8) is 0 Å². The fourth-order valence-corrected chi connectivity index (χ4v) is 5.72. The number of amides is 1. The zero-order valence-corrected chi connectivity index (χ0v) is 27.0. The van der Waals surface area contributed by atoms with Crippen LogP contribution >= 0.6 is 15.9 Å². The van der Waals surface area contributed by atoms with Gasteiger partial charge in [-0.05, 0) is 84.5 Å². The minimum atomic E-state index is -1.27. The predicted molar refractivity (Wildman–Crippen MR) is 180 cm³/mol. The summed E-state index contributed by atoms with van der Waals surface area (Å²) in [5.41, 5.74) is 2.52. The number of nitrogens with zero attached hydrogens (tertiary/aromatic N) is 1. The van der Waals surface area contributed by atoms with E-state index >= 15 is 0 Å². The molecule has 1 aliphatic heterocycles. The molecular formula is C37H39BrN2O5. The van der Waals surface area contributed by atoms with E-state index in [0.717, 1.165) is 40.4 Å². The minimum Gasteiger partial charge on any atom is -0.497 e. The Morgan fingerprint density at radius 3 is 2.42 bits per heavy atom. The van der Waals surface area contributed by atoms with Gasteiger partial charge in [-0.1, -0.05) is 70.5 Å². The van der Waals surface area contributed by atoms with E-state index in [0.29, 0.717) is 43.4 Å². The van der Waals surface area contributed by atoms with Gasteiger partial charge < -0.3 is 24.6 Å². The monoisotopic (exact) mass is 670 g/mol. The summed E-state index contributed by atoms with van der Waals surface area (Å²) < 4.78 is 18.9. The van der Waals surface area contributed by atoms with Crippen LogP contribution in [0.3, 0.4) is 0 Å². The highest BCUT2D eigenvalue weighted by Gasteiger charge is 2.53. The van der Waals surface area contributed by atoms with Crippen LogP contribution in [-0.2, 0) is 22.4 Å². The van der Waals surface area contributed by atoms with Gasteiger partial charge >= 0.3 is 0 Å². The fourth-order valence-electron chi connectivity index (χ4n) is 5.45. The molecule has 0 fully saturated rings. The predicted octanol–water partition coefficient (Wildman–Crippen LogP) is 6.86. The molecule has 0 unspecified atom stereocenters. The van der Waals surface area contributed by atoms with Gasteiger partial charge in [0, 0.05) is 36.0 Å². The fraction of sp³-hybridized carbons (Fsp3) is 0.297. The Morgan fingerprint density at radius 2 is 1.69 bits per heavy atom. The molecule has 45 heavy (non-hydrogen) atoms. The first-order valence-electron chi connectivity index (χ1n) is 15.3. The lowest BCUT2D eigenvalue weighted by molar-refractivity contribution is -0.128. The second-order valence-electron chi connectivity index (χ2n) is 11.1. The van der Waals surface area contributed by atoms with Crippen LogP contribution in [0.4, 0.5) is 0 Å². The van der Waals surface area contributed by atoms with Crippen molar-refractivity contribution in [2.24, 2.45) is 4.99 Å². The number of nitrogens with one attached hydrogen (secondary N) is 1. The van der Waals surface area contributed by atoms with Gasteiger partial charge in [0.1, 0.15) is 11.5 Å². The molecule has 1 aliphatic rings. The van der Waals surface area contributed by atoms with Crippen LogP contribution < -0.4 is 14.8 Å². The summed E-state index contributed by atoms with van der Waals surface area (Å²) >= 11 is 3.53. The molecule has 1 amide bonds. The number of halogens is 1. The summed E-state index contributed by atoms with van der Waals surface area (Å²) in [5.74, 6) is 1.57. The van der Waals surface area contributed by atoms with E-state index in [2.05, 4.69) is 45.5 Å². The third kappa shape index (κ3) is 8.32. The number of methoxy groups -OCH3 is 1. The number of aliphatic imine (C=N–C) groups is 1. The lowest BCUT2D eigenvalue weighted by Gasteiger charge is -2.31. The maximum atomic E-state index is 14.4. The van der Waals surface area contributed by atoms with E-state index in [-0.39, 0.29) is 12.5 Å². The first-order chi connectivity index (χ1) is 22.0. The molecule has 7 nitrogen and oxygen atoms in total. The molecule has 0 aromatic heterocycles. The molecule has 0 saturated heterocycles. The summed E-state index contributed by atoms with van der Waals surface area (Å²) in [7, 11) is 1.62. The van der Waals surface area contributed by atoms with Crippen LogP contribution in [0.2, 0.25) is 0 Å². The molecule has 4 aromatic carbocycles. The average Bonchev–Trinajstić information content (AvgIpc) is 3.47. The summed E-state index contributed by atoms with van der Waals surface area (Å²) in [6.07, 6.45) is 2.95. The summed E-state index contributed by atoms with van der Waals surface area (Å²) in [5, 5.41) is 12.3. The van der Waals surface area contributed by atoms with Crippen LogP contribution in [0, 0.1) is 0 Å². The Morgan fingerprint density at radius 1 is 0.911 bits per heavy atom. The zero-order valence-electron chi connectivity index (χ0n) is 25.5. The van der Waals surface area contributed by atoms with Crippen molar-refractivity contribution in [3.05, 3.63) is 130 Å². The molecular weight excluding hydrogens is 632 g/mol. The lowest BCUT2D eigenvalue weighted by Crippen LogP contribution is -2.50. The van der Waals surface area contributed by atoms with E-state index in [9.17, 15) is 4.79 Å². The van der Waals surface area contributed by atoms with E-state index in [1.165, 1.54) is 5.56 Å². The van der Waals surface area contributed by atoms with Crippen molar-refractivity contribution in [1.82, 2.24) is 5.32 Å². The van der Waals surface area contributed by atoms with Crippen molar-refractivity contribution >= 4 is 27.7 Å². The number of hydrogen-bond acceptors (Lipinski definition) is 6. The van der Waals surface area contributed by atoms with E-state index < -0.39 is 11.6 Å². The molecule has 0 bridgehead atoms. The van der Waals surface area contributed by atoms with Crippen molar-refractivity contribution < 1.29 is 24.1 Å². The topological polar surface area (TPSA) is 89.4 Å². The standard InChI is InChI=1S/C37H39BrN2O5/c1-43-33-13-7-12-30(25-33)34-37(26-28-14-18-31(38)19-15-28,36(42)39-22-6-5-11-27-9-3-2-4-10-27)40-35(45-34)29-16-20-32(21-17-29)44-24-8-23-41/h2-4,7,9-10,12-21,25,34,41H,5-6,8,11,22-24,26H2,1H3,(H,39,42)/t34-,37-/m1/s1. The molecule has 2 N–H and O–H groups in total. The number of aliphatic hydroxyl groups excluding tert-OH is 1. The van der Waals surface area contributed by atoms with Gasteiger partial charge in [0.05, 0.1) is 13.7 Å². The first-order valence-corrected chi connectivity index (χ1v) is 16.1. The normalized spacial score (nSPS) is 17.3. The second kappa shape index (κ2) is 15.7. The van der Waals surface area contributed by atoms with Gasteiger partial charge in [-0.2, -0.15) is 0 Å². The van der Waals surface area contributed by atoms with Crippen LogP contribution in [0.5, 0.6) is 11.5 Å². The number of aryl methyl sites for hydroxylation is 1. The summed E-state index contributed by atoms with van der Waals surface area (Å²) in [4.78, 5) is 19.5. The first kappa shape index (κ1) is 32.3. The molecule has 1 heterocycles. The van der Waals surface area contributed by atoms with Gasteiger partial charge in [0.25, 0.3) is 5.91 Å². The SMILES string of the molecule is COc1cccc([C@H]2OC(c3ccc(OCCCO)cc3)=N[C@@]2(Cc2ccc(Br)cc2)C(=O)NCCCCc2ccccc2)c1. The Hall–Kier alpha value is -4.14. The van der Waals surface area contributed by atoms with Crippen LogP contribution in [-0.4, -0.2) is 49.3 Å². The smallest absolute Gasteiger partial charge is 0.252 e. The Kier molecular flexibility index (Phi) is 11.3. The average molecular weight is 672 g/mol. The van der Waals surface area contributed by atoms with Crippen LogP contribution in [0.25, 0.3) is 0 Å². The molecule has 0 spiro atoms. The molecule has 2 atom stereocenters. The Bertz CT molecular complexity index is 1560. The van der Waals surface area contributed by atoms with Gasteiger partial charge in [-0.15, -0.1) is 0 Å². The highest BCUT2D eigenvalue weighted by atomic mass is 79.9. The third-order valence-corrected chi connectivity index (χ3v) is 8.36. The lowest BCUT2D eigenvalue weighted by atomic mass is 9.82. The summed E-state index contributed by atoms with van der Waals surface area (Å²) in [6.45, 7) is 1.03. The van der Waals surface area contributed by atoms with Gasteiger partial charge in [-0.25, -0.2) is 4.99 Å². The zero-order chi connectivity index (χ0) is 31.5. The second-order valence-corrected chi connectivity index (χ2v) is 12.0. The quantitative estimate of drug-likeness (QED) is 0.135. The van der Waals surface area contributed by atoms with Gasteiger partial charge in [-0.3, -0.25) is 4.79 Å². The number of unbranched alkanes of at least 4 members (excludes halogenated alkanes) is 1. The molecule has 0 saturated carbocycles. The van der Waals surface area contributed by atoms with Crippen molar-refractivity contribution in [3.8, 4) is 11.5 Å². The van der Waals surface area contributed by atoms with Crippen molar-refractivity contribution in [1.29, 1.82) is 0 Å². The van der Waals surface area contributed by atoms with E-state index in [1.54, 1.807) is 7.11 Å². The maximum absolute atomic E-state index is 14.4. The number of hydrogen-bond donors (Lipinski definition) is 2. The maximum Gasteiger partial charge on any atom is 0.252 e. The highest BCUT2D eigenvalue weighted by molar-refractivity contribution is 9.10. The summed E-state index contributed by atoms with van der Waals surface area (Å²) in [6, 6.07) is 33.4.